The van der Waals surface area contributed by atoms with E-state index in [2.05, 4.69) is 18.7 Å². The van der Waals surface area contributed by atoms with Crippen LogP contribution in [-0.2, 0) is 14.3 Å². The Hall–Kier alpha value is -0.690. The van der Waals surface area contributed by atoms with Gasteiger partial charge in [0.1, 0.15) is 6.10 Å². The van der Waals surface area contributed by atoms with Crippen molar-refractivity contribution in [2.24, 2.45) is 34.5 Å². The van der Waals surface area contributed by atoms with Crippen molar-refractivity contribution < 1.29 is 24.5 Å². The van der Waals surface area contributed by atoms with Crippen LogP contribution in [0.3, 0.4) is 0 Å². The lowest BCUT2D eigenvalue weighted by Gasteiger charge is -2.69. The Morgan fingerprint density at radius 1 is 1.32 bits per heavy atom. The Balaban J connectivity index is 1.66. The molecule has 7 aliphatic rings. The number of carbonyl (C=O) groups is 1. The highest BCUT2D eigenvalue weighted by Gasteiger charge is 2.84. The number of piperidine rings is 1. The number of esters is 1. The zero-order valence-electron chi connectivity index (χ0n) is 17.1. The summed E-state index contributed by atoms with van der Waals surface area (Å²) in [5.74, 6) is -0.969. The molecule has 4 saturated carbocycles. The number of ether oxygens (including phenoxy) is 2. The number of fused-ring (bicyclic) bond motifs is 2. The summed E-state index contributed by atoms with van der Waals surface area (Å²) < 4.78 is 11.9. The number of likely N-dealkylation sites (tertiary alicyclic amines) is 1. The van der Waals surface area contributed by atoms with Crippen LogP contribution < -0.4 is 0 Å². The molecule has 2 N–H and O–H groups in total. The highest BCUT2D eigenvalue weighted by Crippen LogP contribution is 2.77. The molecular formula is C22H33NO5. The van der Waals surface area contributed by atoms with Crippen LogP contribution in [0.15, 0.2) is 0 Å². The number of carbonyl (C=O) groups excluding carboxylic acids is 1. The molecule has 156 valence electrons. The maximum atomic E-state index is 13.1. The highest BCUT2D eigenvalue weighted by molar-refractivity contribution is 5.77. The van der Waals surface area contributed by atoms with Crippen LogP contribution in [0.5, 0.6) is 0 Å². The van der Waals surface area contributed by atoms with Crippen molar-refractivity contribution in [3.63, 3.8) is 0 Å². The largest absolute Gasteiger partial charge is 0.462 e. The Labute approximate surface area is 166 Å². The van der Waals surface area contributed by atoms with Crippen LogP contribution in [0, 0.1) is 34.5 Å². The number of nitrogens with zero attached hydrogens (tertiary/aromatic N) is 1. The number of methoxy groups -OCH3 is 1. The van der Waals surface area contributed by atoms with Gasteiger partial charge in [-0.3, -0.25) is 9.69 Å². The molecule has 28 heavy (non-hydrogen) atoms. The standard InChI is InChI=1S/C22H33NO5/c1-4-23-10-20(2)7-6-13(27-3)22-12-9-11-5-8-21(26,14(12)19(25)28-11)15(18(22)23)16(24)17(20)22/h11-18,24,26H,4-10H2,1-3H3/t11-,12-,13+,14-,15+,16-,17-,18?,20+,21-,22+/m1/s1. The molecule has 7 fully saturated rings. The molecule has 3 aliphatic heterocycles. The summed E-state index contributed by atoms with van der Waals surface area (Å²) in [5, 5.41) is 23.9. The maximum Gasteiger partial charge on any atom is 0.312 e. The van der Waals surface area contributed by atoms with E-state index in [4.69, 9.17) is 9.47 Å². The Morgan fingerprint density at radius 2 is 2.11 bits per heavy atom. The minimum Gasteiger partial charge on any atom is -0.462 e. The molecule has 4 aliphatic carbocycles. The number of aliphatic hydroxyl groups is 2. The predicted octanol–water partition coefficient (Wildman–Crippen LogP) is 1.19. The molecule has 0 aromatic heterocycles. The lowest BCUT2D eigenvalue weighted by atomic mass is 9.42. The Bertz CT molecular complexity index is 730. The van der Waals surface area contributed by atoms with Gasteiger partial charge in [-0.15, -0.1) is 0 Å². The molecule has 7 rings (SSSR count). The smallest absolute Gasteiger partial charge is 0.312 e. The van der Waals surface area contributed by atoms with E-state index in [9.17, 15) is 15.0 Å². The van der Waals surface area contributed by atoms with E-state index in [0.29, 0.717) is 12.8 Å². The third kappa shape index (κ3) is 1.68. The first kappa shape index (κ1) is 18.1. The fourth-order valence-corrected chi connectivity index (χ4v) is 9.64. The average molecular weight is 392 g/mol. The highest BCUT2D eigenvalue weighted by atomic mass is 16.5. The van der Waals surface area contributed by atoms with Crippen molar-refractivity contribution >= 4 is 5.97 Å². The minimum absolute atomic E-state index is 0.0123. The van der Waals surface area contributed by atoms with Crippen molar-refractivity contribution in [1.29, 1.82) is 0 Å². The molecule has 6 heteroatoms. The molecule has 0 radical (unpaired) electrons. The van der Waals surface area contributed by atoms with Crippen LogP contribution in [0.1, 0.15) is 46.0 Å². The molecular weight excluding hydrogens is 358 g/mol. The fraction of sp³-hybridized carbons (Fsp3) is 0.955. The summed E-state index contributed by atoms with van der Waals surface area (Å²) in [5.41, 5.74) is -1.46. The fourth-order valence-electron chi connectivity index (χ4n) is 9.64. The van der Waals surface area contributed by atoms with Crippen LogP contribution in [-0.4, -0.2) is 71.2 Å². The third-order valence-electron chi connectivity index (χ3n) is 10.1. The van der Waals surface area contributed by atoms with Crippen molar-refractivity contribution in [2.75, 3.05) is 20.2 Å². The van der Waals surface area contributed by atoms with E-state index in [1.54, 1.807) is 7.11 Å². The number of rotatable bonds is 2. The van der Waals surface area contributed by atoms with Gasteiger partial charge in [0.25, 0.3) is 0 Å². The monoisotopic (exact) mass is 391 g/mol. The van der Waals surface area contributed by atoms with Crippen LogP contribution >= 0.6 is 0 Å². The number of hydrogen-bond acceptors (Lipinski definition) is 6. The Kier molecular flexibility index (Phi) is 3.44. The number of aliphatic hydroxyl groups excluding tert-OH is 1. The number of hydrogen-bond donors (Lipinski definition) is 2. The lowest BCUT2D eigenvalue weighted by Crippen LogP contribution is -2.76. The summed E-state index contributed by atoms with van der Waals surface area (Å²) in [6.45, 7) is 6.38. The lowest BCUT2D eigenvalue weighted by molar-refractivity contribution is -0.269. The van der Waals surface area contributed by atoms with Gasteiger partial charge in [-0.25, -0.2) is 0 Å². The minimum atomic E-state index is -1.17. The van der Waals surface area contributed by atoms with E-state index in [0.717, 1.165) is 32.4 Å². The van der Waals surface area contributed by atoms with Gasteiger partial charge in [0.05, 0.1) is 23.7 Å². The van der Waals surface area contributed by atoms with Gasteiger partial charge in [-0.2, -0.15) is 0 Å². The molecule has 0 amide bonds. The third-order valence-corrected chi connectivity index (χ3v) is 10.1. The zero-order valence-corrected chi connectivity index (χ0v) is 17.1. The summed E-state index contributed by atoms with van der Waals surface area (Å²) in [4.78, 5) is 15.6. The molecule has 1 unspecified atom stereocenters. The topological polar surface area (TPSA) is 79.2 Å². The van der Waals surface area contributed by atoms with Gasteiger partial charge in [-0.05, 0) is 50.0 Å². The van der Waals surface area contributed by atoms with Gasteiger partial charge in [0, 0.05) is 36.9 Å². The first-order valence-electron chi connectivity index (χ1n) is 11.2. The molecule has 1 spiro atoms. The normalized spacial score (nSPS) is 61.8. The second-order valence-corrected chi connectivity index (χ2v) is 10.8. The molecule has 0 aromatic rings. The van der Waals surface area contributed by atoms with Crippen molar-refractivity contribution in [3.05, 3.63) is 0 Å². The van der Waals surface area contributed by atoms with Crippen LogP contribution in [0.2, 0.25) is 0 Å². The first-order valence-corrected chi connectivity index (χ1v) is 11.2. The second kappa shape index (κ2) is 5.32. The molecule has 3 saturated heterocycles. The Morgan fingerprint density at radius 3 is 2.82 bits per heavy atom. The summed E-state index contributed by atoms with van der Waals surface area (Å²) in [6, 6.07) is 0.0757. The first-order chi connectivity index (χ1) is 13.3. The van der Waals surface area contributed by atoms with Crippen molar-refractivity contribution in [1.82, 2.24) is 4.90 Å². The quantitative estimate of drug-likeness (QED) is 0.689. The van der Waals surface area contributed by atoms with Gasteiger partial charge >= 0.3 is 5.97 Å². The summed E-state index contributed by atoms with van der Waals surface area (Å²) >= 11 is 0. The van der Waals surface area contributed by atoms with Gasteiger partial charge < -0.3 is 19.7 Å². The van der Waals surface area contributed by atoms with E-state index >= 15 is 0 Å². The predicted molar refractivity (Wildman–Crippen MR) is 100 cm³/mol. The van der Waals surface area contributed by atoms with E-state index in [1.165, 1.54) is 0 Å². The molecule has 3 heterocycles. The van der Waals surface area contributed by atoms with Crippen molar-refractivity contribution in [3.8, 4) is 0 Å². The van der Waals surface area contributed by atoms with Gasteiger partial charge in [-0.1, -0.05) is 13.8 Å². The molecule has 6 nitrogen and oxygen atoms in total. The van der Waals surface area contributed by atoms with Gasteiger partial charge in [0.15, 0.2) is 0 Å². The average Bonchev–Trinajstić information content (AvgIpc) is 2.73. The summed E-state index contributed by atoms with van der Waals surface area (Å²) in [7, 11) is 1.79. The second-order valence-electron chi connectivity index (χ2n) is 10.8. The van der Waals surface area contributed by atoms with E-state index in [1.807, 2.05) is 0 Å². The molecule has 11 atom stereocenters. The van der Waals surface area contributed by atoms with E-state index < -0.39 is 17.6 Å². The SMILES string of the molecule is CCN1C[C@]2(C)CC[C@H](OC)[C@]34C1[C@H]([C@@H](O)[C@H]23)[C@@]1(O)CC[C@@H]2C[C@@H]4[C@@H]1C(=O)O2. The van der Waals surface area contributed by atoms with E-state index in [-0.39, 0.29) is 52.8 Å². The van der Waals surface area contributed by atoms with Crippen LogP contribution in [0.25, 0.3) is 0 Å². The summed E-state index contributed by atoms with van der Waals surface area (Å²) in [6.07, 6.45) is 3.38. The molecule has 0 aromatic carbocycles. The zero-order chi connectivity index (χ0) is 19.6. The maximum absolute atomic E-state index is 13.1. The van der Waals surface area contributed by atoms with Crippen molar-refractivity contribution in [2.45, 2.75) is 75.9 Å². The van der Waals surface area contributed by atoms with Gasteiger partial charge in [0.2, 0.25) is 0 Å². The molecule has 9 bridgehead atoms. The van der Waals surface area contributed by atoms with Crippen LogP contribution in [0.4, 0.5) is 0 Å².